The number of amides is 2. The molecule has 0 heterocycles. The highest BCUT2D eigenvalue weighted by Crippen LogP contribution is 2.09. The molecule has 0 radical (unpaired) electrons. The van der Waals surface area contributed by atoms with E-state index in [2.05, 4.69) is 29.8 Å². The van der Waals surface area contributed by atoms with E-state index in [9.17, 15) is 9.59 Å². The van der Waals surface area contributed by atoms with Gasteiger partial charge in [0.25, 0.3) is 5.91 Å². The molecule has 0 spiro atoms. The van der Waals surface area contributed by atoms with Gasteiger partial charge in [0.2, 0.25) is 5.91 Å². The fraction of sp³-hybridized carbons (Fsp3) is 0.600. The SMILES string of the molecule is CCCCCCCNC(=O)CNc1ccc(C(=O)NCCCC)cc1. The quantitative estimate of drug-likeness (QED) is 0.476. The van der Waals surface area contributed by atoms with E-state index < -0.39 is 0 Å². The normalized spacial score (nSPS) is 10.3. The minimum Gasteiger partial charge on any atom is -0.376 e. The molecule has 0 bridgehead atoms. The number of carbonyl (C=O) groups is 2. The number of benzene rings is 1. The van der Waals surface area contributed by atoms with Crippen LogP contribution in [0, 0.1) is 0 Å². The number of unbranched alkanes of at least 4 members (excludes halogenated alkanes) is 5. The lowest BCUT2D eigenvalue weighted by Crippen LogP contribution is -2.30. The van der Waals surface area contributed by atoms with Gasteiger partial charge in [-0.15, -0.1) is 0 Å². The van der Waals surface area contributed by atoms with Crippen molar-refractivity contribution < 1.29 is 9.59 Å². The molecule has 0 aliphatic rings. The summed E-state index contributed by atoms with van der Waals surface area (Å²) in [7, 11) is 0. The van der Waals surface area contributed by atoms with Gasteiger partial charge in [-0.3, -0.25) is 9.59 Å². The van der Waals surface area contributed by atoms with E-state index in [0.717, 1.165) is 31.5 Å². The molecule has 0 unspecified atom stereocenters. The Bertz CT molecular complexity index is 500. The van der Waals surface area contributed by atoms with E-state index in [4.69, 9.17) is 0 Å². The maximum absolute atomic E-state index is 11.9. The van der Waals surface area contributed by atoms with Crippen molar-refractivity contribution in [3.63, 3.8) is 0 Å². The fourth-order valence-corrected chi connectivity index (χ4v) is 2.42. The third kappa shape index (κ3) is 9.75. The summed E-state index contributed by atoms with van der Waals surface area (Å²) >= 11 is 0. The first-order valence-corrected chi connectivity index (χ1v) is 9.56. The summed E-state index contributed by atoms with van der Waals surface area (Å²) < 4.78 is 0. The highest BCUT2D eigenvalue weighted by molar-refractivity contribution is 5.94. The van der Waals surface area contributed by atoms with Crippen molar-refractivity contribution in [1.29, 1.82) is 0 Å². The lowest BCUT2D eigenvalue weighted by Gasteiger charge is -2.09. The summed E-state index contributed by atoms with van der Waals surface area (Å²) in [6, 6.07) is 7.20. The van der Waals surface area contributed by atoms with Crippen molar-refractivity contribution in [2.45, 2.75) is 58.8 Å². The second-order valence-electron chi connectivity index (χ2n) is 6.30. The summed E-state index contributed by atoms with van der Waals surface area (Å²) in [5.74, 6) is -0.0577. The Morgan fingerprint density at radius 3 is 2.12 bits per heavy atom. The van der Waals surface area contributed by atoms with Crippen LogP contribution in [-0.2, 0) is 4.79 Å². The molecule has 0 saturated heterocycles. The Balaban J connectivity index is 2.22. The van der Waals surface area contributed by atoms with Gasteiger partial charge >= 0.3 is 0 Å². The van der Waals surface area contributed by atoms with Crippen LogP contribution >= 0.6 is 0 Å². The van der Waals surface area contributed by atoms with Crippen molar-refractivity contribution in [2.75, 3.05) is 25.0 Å². The molecule has 1 rings (SSSR count). The first kappa shape index (κ1) is 21.0. The van der Waals surface area contributed by atoms with E-state index >= 15 is 0 Å². The van der Waals surface area contributed by atoms with Gasteiger partial charge in [0.1, 0.15) is 0 Å². The number of nitrogens with one attached hydrogen (secondary N) is 3. The number of anilines is 1. The Kier molecular flexibility index (Phi) is 11.2. The van der Waals surface area contributed by atoms with E-state index in [0.29, 0.717) is 12.1 Å². The average Bonchev–Trinajstić information content (AvgIpc) is 2.63. The van der Waals surface area contributed by atoms with Crippen LogP contribution in [0.4, 0.5) is 5.69 Å². The fourth-order valence-electron chi connectivity index (χ4n) is 2.42. The molecule has 140 valence electrons. The van der Waals surface area contributed by atoms with E-state index in [1.165, 1.54) is 25.7 Å². The standard InChI is InChI=1S/C20H33N3O2/c1-3-5-7-8-9-15-21-19(24)16-23-18-12-10-17(11-13-18)20(25)22-14-6-4-2/h10-13,23H,3-9,14-16H2,1-2H3,(H,21,24)(H,22,25). The average molecular weight is 348 g/mol. The molecule has 0 atom stereocenters. The summed E-state index contributed by atoms with van der Waals surface area (Å²) in [5, 5.41) is 8.89. The first-order chi connectivity index (χ1) is 12.2. The van der Waals surface area contributed by atoms with Gasteiger partial charge in [-0.05, 0) is 37.1 Å². The third-order valence-electron chi connectivity index (χ3n) is 4.02. The summed E-state index contributed by atoms with van der Waals surface area (Å²) in [4.78, 5) is 23.7. The van der Waals surface area contributed by atoms with Crippen LogP contribution in [-0.4, -0.2) is 31.4 Å². The maximum atomic E-state index is 11.9. The van der Waals surface area contributed by atoms with Gasteiger partial charge in [0, 0.05) is 24.3 Å². The number of hydrogen-bond donors (Lipinski definition) is 3. The Morgan fingerprint density at radius 2 is 1.44 bits per heavy atom. The monoisotopic (exact) mass is 347 g/mol. The molecule has 1 aromatic rings. The zero-order valence-electron chi connectivity index (χ0n) is 15.7. The molecule has 0 aliphatic heterocycles. The van der Waals surface area contributed by atoms with E-state index in [1.807, 2.05) is 12.1 Å². The maximum Gasteiger partial charge on any atom is 0.251 e. The van der Waals surface area contributed by atoms with Crippen LogP contribution in [0.2, 0.25) is 0 Å². The van der Waals surface area contributed by atoms with Crippen LogP contribution in [0.1, 0.15) is 69.2 Å². The molecule has 2 amide bonds. The number of carbonyl (C=O) groups excluding carboxylic acids is 2. The van der Waals surface area contributed by atoms with Gasteiger partial charge in [0.05, 0.1) is 6.54 Å². The van der Waals surface area contributed by atoms with Gasteiger partial charge in [0.15, 0.2) is 0 Å². The topological polar surface area (TPSA) is 70.2 Å². The van der Waals surface area contributed by atoms with E-state index in [1.54, 1.807) is 12.1 Å². The molecule has 5 heteroatoms. The lowest BCUT2D eigenvalue weighted by atomic mass is 10.1. The molecule has 25 heavy (non-hydrogen) atoms. The van der Waals surface area contributed by atoms with E-state index in [-0.39, 0.29) is 18.4 Å². The highest BCUT2D eigenvalue weighted by Gasteiger charge is 2.05. The largest absolute Gasteiger partial charge is 0.376 e. The summed E-state index contributed by atoms with van der Waals surface area (Å²) in [5.41, 5.74) is 1.47. The summed E-state index contributed by atoms with van der Waals surface area (Å²) in [6.45, 7) is 5.97. The predicted octanol–water partition coefficient (Wildman–Crippen LogP) is 3.72. The molecule has 5 nitrogen and oxygen atoms in total. The molecule has 3 N–H and O–H groups in total. The summed E-state index contributed by atoms with van der Waals surface area (Å²) in [6.07, 6.45) is 7.99. The molecule has 0 saturated carbocycles. The smallest absolute Gasteiger partial charge is 0.251 e. The predicted molar refractivity (Wildman–Crippen MR) is 104 cm³/mol. The van der Waals surface area contributed by atoms with Crippen LogP contribution in [0.3, 0.4) is 0 Å². The second-order valence-corrected chi connectivity index (χ2v) is 6.30. The van der Waals surface area contributed by atoms with Crippen molar-refractivity contribution in [3.05, 3.63) is 29.8 Å². The van der Waals surface area contributed by atoms with Crippen LogP contribution < -0.4 is 16.0 Å². The molecule has 0 fully saturated rings. The molecule has 1 aromatic carbocycles. The van der Waals surface area contributed by atoms with Crippen molar-refractivity contribution in [2.24, 2.45) is 0 Å². The number of rotatable bonds is 13. The minimum absolute atomic E-state index is 0.00289. The Hall–Kier alpha value is -2.04. The van der Waals surface area contributed by atoms with Crippen molar-refractivity contribution >= 4 is 17.5 Å². The zero-order chi connectivity index (χ0) is 18.3. The zero-order valence-corrected chi connectivity index (χ0v) is 15.7. The number of hydrogen-bond acceptors (Lipinski definition) is 3. The van der Waals surface area contributed by atoms with Crippen LogP contribution in [0.25, 0.3) is 0 Å². The lowest BCUT2D eigenvalue weighted by molar-refractivity contribution is -0.119. The second kappa shape index (κ2) is 13.3. The van der Waals surface area contributed by atoms with Gasteiger partial charge in [-0.25, -0.2) is 0 Å². The Labute approximate surface area is 152 Å². The minimum atomic E-state index is -0.0548. The van der Waals surface area contributed by atoms with Gasteiger partial charge < -0.3 is 16.0 Å². The van der Waals surface area contributed by atoms with Crippen LogP contribution in [0.5, 0.6) is 0 Å². The van der Waals surface area contributed by atoms with Crippen LogP contribution in [0.15, 0.2) is 24.3 Å². The molecule has 0 aromatic heterocycles. The first-order valence-electron chi connectivity index (χ1n) is 9.56. The highest BCUT2D eigenvalue weighted by atomic mass is 16.2. The molecular weight excluding hydrogens is 314 g/mol. The Morgan fingerprint density at radius 1 is 0.800 bits per heavy atom. The van der Waals surface area contributed by atoms with Crippen molar-refractivity contribution in [1.82, 2.24) is 10.6 Å². The van der Waals surface area contributed by atoms with Gasteiger partial charge in [-0.2, -0.15) is 0 Å². The third-order valence-corrected chi connectivity index (χ3v) is 4.02. The van der Waals surface area contributed by atoms with Gasteiger partial charge in [-0.1, -0.05) is 46.0 Å². The molecular formula is C20H33N3O2. The molecule has 0 aliphatic carbocycles. The van der Waals surface area contributed by atoms with Crippen molar-refractivity contribution in [3.8, 4) is 0 Å².